The molecular formula is C5H7BOS. The minimum Gasteiger partial charge on any atom is -0.360 e. The lowest BCUT2D eigenvalue weighted by Gasteiger charge is -2.06. The first-order valence-electron chi connectivity index (χ1n) is 2.44. The maximum Gasteiger partial charge on any atom is 0.115 e. The highest BCUT2D eigenvalue weighted by atomic mass is 32.2. The van der Waals surface area contributed by atoms with Crippen LogP contribution in [0.25, 0.3) is 0 Å². The Morgan fingerprint density at radius 2 is 2.75 bits per heavy atom. The summed E-state index contributed by atoms with van der Waals surface area (Å²) in [5.41, 5.74) is 0.979. The van der Waals surface area contributed by atoms with Gasteiger partial charge in [-0.1, -0.05) is 11.5 Å². The van der Waals surface area contributed by atoms with Crippen LogP contribution >= 0.6 is 11.8 Å². The molecule has 3 heteroatoms. The van der Waals surface area contributed by atoms with Gasteiger partial charge in [-0.25, -0.2) is 0 Å². The number of hydrogen-bond donors (Lipinski definition) is 0. The molecule has 0 bridgehead atoms. The molecule has 1 aliphatic rings. The predicted octanol–water partition coefficient (Wildman–Crippen LogP) is 0.758. The summed E-state index contributed by atoms with van der Waals surface area (Å²) < 4.78 is 5.16. The molecular weight excluding hydrogens is 119 g/mol. The zero-order valence-corrected chi connectivity index (χ0v) is 5.57. The molecule has 0 spiro atoms. The van der Waals surface area contributed by atoms with Crippen molar-refractivity contribution in [2.24, 2.45) is 0 Å². The van der Waals surface area contributed by atoms with Crippen molar-refractivity contribution in [1.29, 1.82) is 0 Å². The van der Waals surface area contributed by atoms with Crippen LogP contribution in [0.1, 0.15) is 0 Å². The normalized spacial score (nSPS) is 28.1. The topological polar surface area (TPSA) is 9.23 Å². The summed E-state index contributed by atoms with van der Waals surface area (Å²) in [6.07, 6.45) is 3.89. The van der Waals surface area contributed by atoms with Crippen LogP contribution < -0.4 is 0 Å². The summed E-state index contributed by atoms with van der Waals surface area (Å²) in [4.78, 5) is 0. The van der Waals surface area contributed by atoms with Gasteiger partial charge in [0.2, 0.25) is 0 Å². The van der Waals surface area contributed by atoms with Gasteiger partial charge >= 0.3 is 0 Å². The predicted molar refractivity (Wildman–Crippen MR) is 37.1 cm³/mol. The minimum atomic E-state index is 0.120. The second-order valence-corrected chi connectivity index (χ2v) is 2.50. The van der Waals surface area contributed by atoms with Crippen molar-refractivity contribution >= 4 is 19.6 Å². The molecule has 2 radical (unpaired) electrons. The Bertz CT molecular complexity index is 113. The Balaban J connectivity index is 2.46. The zero-order chi connectivity index (χ0) is 5.98. The van der Waals surface area contributed by atoms with Crippen LogP contribution in [0.3, 0.4) is 0 Å². The van der Waals surface area contributed by atoms with E-state index in [1.165, 1.54) is 0 Å². The average Bonchev–Trinajstić information content (AvgIpc) is 2.14. The number of ether oxygens (including phenoxy) is 1. The van der Waals surface area contributed by atoms with Gasteiger partial charge < -0.3 is 4.74 Å². The second-order valence-electron chi connectivity index (χ2n) is 1.61. The van der Waals surface area contributed by atoms with E-state index in [2.05, 4.69) is 0 Å². The summed E-state index contributed by atoms with van der Waals surface area (Å²) in [5, 5.41) is 0. The lowest BCUT2D eigenvalue weighted by molar-refractivity contribution is 0.187. The van der Waals surface area contributed by atoms with Crippen molar-refractivity contribution in [3.05, 3.63) is 11.5 Å². The average molecular weight is 126 g/mol. The van der Waals surface area contributed by atoms with E-state index in [0.717, 1.165) is 5.47 Å². The largest absolute Gasteiger partial charge is 0.360 e. The van der Waals surface area contributed by atoms with Gasteiger partial charge in [0.1, 0.15) is 13.3 Å². The summed E-state index contributed by atoms with van der Waals surface area (Å²) in [6.45, 7) is 0.678. The molecule has 0 saturated heterocycles. The van der Waals surface area contributed by atoms with Gasteiger partial charge in [0.25, 0.3) is 0 Å². The van der Waals surface area contributed by atoms with Crippen LogP contribution in [0.5, 0.6) is 0 Å². The molecule has 1 aliphatic heterocycles. The fourth-order valence-electron chi connectivity index (χ4n) is 0.628. The van der Waals surface area contributed by atoms with Gasteiger partial charge in [-0.3, -0.25) is 0 Å². The third kappa shape index (κ3) is 1.09. The fraction of sp³-hybridized carbons (Fsp3) is 0.600. The second kappa shape index (κ2) is 2.60. The summed E-state index contributed by atoms with van der Waals surface area (Å²) in [5.74, 6) is 0. The molecule has 1 atom stereocenters. The molecule has 0 amide bonds. The van der Waals surface area contributed by atoms with E-state index >= 15 is 0 Å². The van der Waals surface area contributed by atoms with Crippen molar-refractivity contribution in [3.8, 4) is 0 Å². The van der Waals surface area contributed by atoms with Crippen molar-refractivity contribution in [2.75, 3.05) is 12.9 Å². The van der Waals surface area contributed by atoms with Crippen LogP contribution in [0.15, 0.2) is 11.5 Å². The first-order valence-corrected chi connectivity index (χ1v) is 3.73. The highest BCUT2D eigenvalue weighted by molar-refractivity contribution is 7.99. The smallest absolute Gasteiger partial charge is 0.115 e. The number of thioether (sulfide) groups is 1. The van der Waals surface area contributed by atoms with E-state index in [9.17, 15) is 0 Å². The Kier molecular flexibility index (Phi) is 2.03. The van der Waals surface area contributed by atoms with Gasteiger partial charge in [0.05, 0.1) is 6.61 Å². The van der Waals surface area contributed by atoms with Crippen LogP contribution in [-0.4, -0.2) is 26.1 Å². The highest BCUT2D eigenvalue weighted by Gasteiger charge is 2.12. The van der Waals surface area contributed by atoms with Crippen molar-refractivity contribution in [3.63, 3.8) is 0 Å². The Morgan fingerprint density at radius 1 is 2.00 bits per heavy atom. The molecule has 0 aromatic carbocycles. The van der Waals surface area contributed by atoms with E-state index in [1.807, 2.05) is 12.3 Å². The zero-order valence-electron chi connectivity index (χ0n) is 4.76. The first-order chi connectivity index (χ1) is 3.84. The Hall–Kier alpha value is 0.115. The van der Waals surface area contributed by atoms with Crippen molar-refractivity contribution in [2.45, 2.75) is 5.44 Å². The lowest BCUT2D eigenvalue weighted by Crippen LogP contribution is -2.02. The van der Waals surface area contributed by atoms with E-state index < -0.39 is 0 Å². The molecule has 0 aromatic rings. The molecule has 1 nitrogen and oxygen atoms in total. The number of hydrogen-bond acceptors (Lipinski definition) is 2. The van der Waals surface area contributed by atoms with E-state index in [0.29, 0.717) is 6.61 Å². The molecule has 0 aliphatic carbocycles. The maximum absolute atomic E-state index is 5.50. The molecule has 1 unspecified atom stereocenters. The maximum atomic E-state index is 5.50. The molecule has 0 aromatic heterocycles. The first kappa shape index (κ1) is 6.24. The van der Waals surface area contributed by atoms with Crippen molar-refractivity contribution < 1.29 is 4.74 Å². The minimum absolute atomic E-state index is 0.120. The van der Waals surface area contributed by atoms with Gasteiger partial charge in [-0.15, -0.1) is 11.8 Å². The SMILES string of the molecule is [B]C1=CCOC1SC. The molecule has 42 valence electrons. The standard InChI is InChI=1S/C5H7BOS/c1-8-5-4(6)2-3-7-5/h2,5H,3H2,1H3. The molecule has 8 heavy (non-hydrogen) atoms. The molecule has 1 heterocycles. The fourth-order valence-corrected chi connectivity index (χ4v) is 1.21. The summed E-state index contributed by atoms with van der Waals surface area (Å²) in [7, 11) is 5.50. The third-order valence-corrected chi connectivity index (χ3v) is 1.89. The van der Waals surface area contributed by atoms with Crippen LogP contribution in [0, 0.1) is 0 Å². The molecule has 1 rings (SSSR count). The molecule has 0 N–H and O–H groups in total. The molecule has 0 saturated carbocycles. The summed E-state index contributed by atoms with van der Waals surface area (Å²) in [6, 6.07) is 0. The number of rotatable bonds is 1. The van der Waals surface area contributed by atoms with Gasteiger partial charge in [0, 0.05) is 0 Å². The lowest BCUT2D eigenvalue weighted by atomic mass is 9.98. The Labute approximate surface area is 54.9 Å². The summed E-state index contributed by atoms with van der Waals surface area (Å²) >= 11 is 1.62. The van der Waals surface area contributed by atoms with Crippen LogP contribution in [-0.2, 0) is 4.74 Å². The van der Waals surface area contributed by atoms with Crippen LogP contribution in [0.4, 0.5) is 0 Å². The van der Waals surface area contributed by atoms with Crippen LogP contribution in [0.2, 0.25) is 0 Å². The van der Waals surface area contributed by atoms with Gasteiger partial charge in [-0.05, 0) is 6.26 Å². The highest BCUT2D eigenvalue weighted by Crippen LogP contribution is 2.19. The van der Waals surface area contributed by atoms with Gasteiger partial charge in [0.15, 0.2) is 0 Å². The van der Waals surface area contributed by atoms with E-state index in [1.54, 1.807) is 11.8 Å². The Morgan fingerprint density at radius 3 is 3.00 bits per heavy atom. The monoisotopic (exact) mass is 126 g/mol. The third-order valence-electron chi connectivity index (χ3n) is 1.05. The van der Waals surface area contributed by atoms with Gasteiger partial charge in [-0.2, -0.15) is 0 Å². The molecule has 0 fully saturated rings. The quantitative estimate of drug-likeness (QED) is 0.479. The van der Waals surface area contributed by atoms with E-state index in [4.69, 9.17) is 12.6 Å². The van der Waals surface area contributed by atoms with Crippen molar-refractivity contribution in [1.82, 2.24) is 0 Å². The van der Waals surface area contributed by atoms with E-state index in [-0.39, 0.29) is 5.44 Å².